The maximum atomic E-state index is 13.3. The Bertz CT molecular complexity index is 1470. The summed E-state index contributed by atoms with van der Waals surface area (Å²) in [5.41, 5.74) is 2.64. The summed E-state index contributed by atoms with van der Waals surface area (Å²) in [4.78, 5) is 38.9. The van der Waals surface area contributed by atoms with E-state index in [4.69, 9.17) is 11.6 Å². The Kier molecular flexibility index (Phi) is 5.99. The fourth-order valence-electron chi connectivity index (χ4n) is 3.43. The van der Waals surface area contributed by atoms with Gasteiger partial charge >= 0.3 is 5.69 Å². The average Bonchev–Trinajstić information content (AvgIpc) is 3.23. The number of nitrogens with one attached hydrogen (secondary N) is 1. The minimum atomic E-state index is -0.584. The van der Waals surface area contributed by atoms with E-state index in [0.29, 0.717) is 10.2 Å². The summed E-state index contributed by atoms with van der Waals surface area (Å²) in [6.07, 6.45) is 0. The number of amides is 1. The molecule has 9 heteroatoms. The van der Waals surface area contributed by atoms with Gasteiger partial charge in [-0.3, -0.25) is 18.7 Å². The van der Waals surface area contributed by atoms with Crippen LogP contribution in [0.5, 0.6) is 0 Å². The molecule has 0 spiro atoms. The van der Waals surface area contributed by atoms with E-state index in [1.54, 1.807) is 11.4 Å². The fourth-order valence-corrected chi connectivity index (χ4v) is 4.49. The van der Waals surface area contributed by atoms with Gasteiger partial charge < -0.3 is 5.32 Å². The summed E-state index contributed by atoms with van der Waals surface area (Å²) in [6.45, 7) is 3.72. The lowest BCUT2D eigenvalue weighted by atomic mass is 10.1. The van der Waals surface area contributed by atoms with Crippen LogP contribution < -0.4 is 16.6 Å². The van der Waals surface area contributed by atoms with Crippen LogP contribution in [0.1, 0.15) is 16.7 Å². The van der Waals surface area contributed by atoms with E-state index in [0.717, 1.165) is 27.3 Å². The van der Waals surface area contributed by atoms with Gasteiger partial charge in [-0.05, 0) is 60.2 Å². The molecule has 0 aliphatic heterocycles. The maximum Gasteiger partial charge on any atom is 0.332 e. The normalized spacial score (nSPS) is 11.1. The molecule has 4 aromatic rings. The first kappa shape index (κ1) is 22.0. The summed E-state index contributed by atoms with van der Waals surface area (Å²) < 4.78 is 16.1. The van der Waals surface area contributed by atoms with E-state index in [1.807, 2.05) is 32.0 Å². The lowest BCUT2D eigenvalue weighted by Gasteiger charge is -2.13. The minimum absolute atomic E-state index is 0.0473. The Labute approximate surface area is 191 Å². The van der Waals surface area contributed by atoms with Crippen molar-refractivity contribution in [1.82, 2.24) is 9.13 Å². The van der Waals surface area contributed by atoms with Crippen LogP contribution in [0.15, 0.2) is 57.4 Å². The van der Waals surface area contributed by atoms with Gasteiger partial charge in [0.2, 0.25) is 5.91 Å². The topological polar surface area (TPSA) is 73.1 Å². The highest BCUT2D eigenvalue weighted by atomic mass is 35.5. The molecule has 1 N–H and O–H groups in total. The molecule has 0 aliphatic rings. The van der Waals surface area contributed by atoms with Gasteiger partial charge in [-0.25, -0.2) is 9.18 Å². The van der Waals surface area contributed by atoms with E-state index in [-0.39, 0.29) is 23.8 Å². The Hall–Kier alpha value is -3.23. The zero-order valence-electron chi connectivity index (χ0n) is 17.3. The molecule has 0 atom stereocenters. The zero-order valence-corrected chi connectivity index (χ0v) is 18.9. The van der Waals surface area contributed by atoms with Crippen molar-refractivity contribution in [3.63, 3.8) is 0 Å². The lowest BCUT2D eigenvalue weighted by molar-refractivity contribution is -0.116. The molecule has 32 heavy (non-hydrogen) atoms. The molecule has 2 aromatic carbocycles. The predicted octanol–water partition coefficient (Wildman–Crippen LogP) is 4.32. The third-order valence-corrected chi connectivity index (χ3v) is 6.46. The Balaban J connectivity index is 1.72. The number of thiophene rings is 1. The van der Waals surface area contributed by atoms with E-state index in [2.05, 4.69) is 5.32 Å². The lowest BCUT2D eigenvalue weighted by Crippen LogP contribution is -2.41. The van der Waals surface area contributed by atoms with E-state index in [1.165, 1.54) is 28.0 Å². The van der Waals surface area contributed by atoms with E-state index < -0.39 is 23.0 Å². The van der Waals surface area contributed by atoms with Crippen LogP contribution >= 0.6 is 22.9 Å². The minimum Gasteiger partial charge on any atom is -0.323 e. The quantitative estimate of drug-likeness (QED) is 0.471. The number of carbonyl (C=O) groups excluding carboxylic acids is 1. The Morgan fingerprint density at radius 3 is 2.56 bits per heavy atom. The molecule has 164 valence electrons. The predicted molar refractivity (Wildman–Crippen MR) is 125 cm³/mol. The molecule has 2 aromatic heterocycles. The van der Waals surface area contributed by atoms with E-state index in [9.17, 15) is 18.8 Å². The highest BCUT2D eigenvalue weighted by Gasteiger charge is 2.17. The van der Waals surface area contributed by atoms with Crippen LogP contribution in [0, 0.1) is 19.7 Å². The van der Waals surface area contributed by atoms with Crippen LogP contribution in [0.3, 0.4) is 0 Å². The SMILES string of the molecule is Cc1ccc(Cn2c(=O)c3sccc3n(CC(=O)Nc3ccc(F)cc3Cl)c2=O)cc1C. The summed E-state index contributed by atoms with van der Waals surface area (Å²) in [5, 5.41) is 4.34. The van der Waals surface area contributed by atoms with Gasteiger partial charge in [0.15, 0.2) is 0 Å². The number of aryl methyl sites for hydroxylation is 2. The highest BCUT2D eigenvalue weighted by Crippen LogP contribution is 2.22. The van der Waals surface area contributed by atoms with Crippen LogP contribution in [-0.4, -0.2) is 15.0 Å². The second-order valence-electron chi connectivity index (χ2n) is 7.49. The van der Waals surface area contributed by atoms with Crippen LogP contribution in [0.2, 0.25) is 5.02 Å². The van der Waals surface area contributed by atoms with Crippen molar-refractivity contribution < 1.29 is 9.18 Å². The largest absolute Gasteiger partial charge is 0.332 e. The molecule has 0 saturated heterocycles. The van der Waals surface area contributed by atoms with Gasteiger partial charge in [-0.2, -0.15) is 0 Å². The van der Waals surface area contributed by atoms with Gasteiger partial charge in [0, 0.05) is 0 Å². The zero-order chi connectivity index (χ0) is 23.0. The number of nitrogens with zero attached hydrogens (tertiary/aromatic N) is 2. The molecule has 0 fully saturated rings. The molecular weight excluding hydrogens is 453 g/mol. The van der Waals surface area contributed by atoms with Gasteiger partial charge in [-0.1, -0.05) is 29.8 Å². The summed E-state index contributed by atoms with van der Waals surface area (Å²) in [6, 6.07) is 11.0. The number of fused-ring (bicyclic) bond motifs is 1. The van der Waals surface area contributed by atoms with Gasteiger partial charge in [0.1, 0.15) is 17.1 Å². The average molecular weight is 472 g/mol. The molecule has 0 bridgehead atoms. The van der Waals surface area contributed by atoms with Crippen LogP contribution in [0.25, 0.3) is 10.2 Å². The monoisotopic (exact) mass is 471 g/mol. The second-order valence-corrected chi connectivity index (χ2v) is 8.81. The molecule has 1 amide bonds. The van der Waals surface area contributed by atoms with Gasteiger partial charge in [0.25, 0.3) is 5.56 Å². The number of rotatable bonds is 5. The number of hydrogen-bond acceptors (Lipinski definition) is 4. The third kappa shape index (κ3) is 4.24. The van der Waals surface area contributed by atoms with Gasteiger partial charge in [-0.15, -0.1) is 11.3 Å². The first-order valence-corrected chi connectivity index (χ1v) is 11.0. The number of carbonyl (C=O) groups is 1. The van der Waals surface area contributed by atoms with Crippen LogP contribution in [-0.2, 0) is 17.9 Å². The smallest absolute Gasteiger partial charge is 0.323 e. The van der Waals surface area contributed by atoms with Crippen molar-refractivity contribution >= 4 is 44.7 Å². The van der Waals surface area contributed by atoms with Crippen molar-refractivity contribution in [2.24, 2.45) is 0 Å². The van der Waals surface area contributed by atoms with Crippen molar-refractivity contribution in [2.45, 2.75) is 26.9 Å². The Morgan fingerprint density at radius 1 is 1.06 bits per heavy atom. The van der Waals surface area contributed by atoms with Crippen molar-refractivity contribution in [3.05, 3.63) is 96.2 Å². The number of anilines is 1. The molecule has 4 rings (SSSR count). The Morgan fingerprint density at radius 2 is 1.84 bits per heavy atom. The number of aromatic nitrogens is 2. The first-order valence-electron chi connectivity index (χ1n) is 9.76. The van der Waals surface area contributed by atoms with Crippen molar-refractivity contribution in [3.8, 4) is 0 Å². The number of hydrogen-bond donors (Lipinski definition) is 1. The highest BCUT2D eigenvalue weighted by molar-refractivity contribution is 7.17. The maximum absolute atomic E-state index is 13.3. The van der Waals surface area contributed by atoms with E-state index >= 15 is 0 Å². The fraction of sp³-hybridized carbons (Fsp3) is 0.174. The molecule has 0 aliphatic carbocycles. The first-order chi connectivity index (χ1) is 15.2. The van der Waals surface area contributed by atoms with Crippen molar-refractivity contribution in [2.75, 3.05) is 5.32 Å². The molecule has 0 unspecified atom stereocenters. The van der Waals surface area contributed by atoms with Gasteiger partial charge in [0.05, 0.1) is 22.8 Å². The third-order valence-electron chi connectivity index (χ3n) is 5.26. The van der Waals surface area contributed by atoms with Crippen molar-refractivity contribution in [1.29, 1.82) is 0 Å². The second kappa shape index (κ2) is 8.72. The molecular formula is C23H19ClFN3O3S. The molecule has 2 heterocycles. The summed E-state index contributed by atoms with van der Waals surface area (Å²) in [5.74, 6) is -1.05. The molecule has 6 nitrogen and oxygen atoms in total. The molecule has 0 saturated carbocycles. The number of benzene rings is 2. The summed E-state index contributed by atoms with van der Waals surface area (Å²) >= 11 is 7.19. The molecule has 0 radical (unpaired) electrons. The summed E-state index contributed by atoms with van der Waals surface area (Å²) in [7, 11) is 0. The van der Waals surface area contributed by atoms with Crippen LogP contribution in [0.4, 0.5) is 10.1 Å². The standard InChI is InChI=1S/C23H19ClFN3O3S/c1-13-3-4-15(9-14(13)2)11-28-22(30)21-19(7-8-32-21)27(23(28)31)12-20(29)26-18-6-5-16(25)10-17(18)24/h3-10H,11-12H2,1-2H3,(H,26,29). The number of halogens is 2.